The average molecular weight is 276 g/mol. The Balaban J connectivity index is 2.55. The number of methoxy groups -OCH3 is 1. The predicted molar refractivity (Wildman–Crippen MR) is 66.9 cm³/mol. The monoisotopic (exact) mass is 275 g/mol. The Morgan fingerprint density at radius 1 is 1.28 bits per heavy atom. The third kappa shape index (κ3) is 2.19. The van der Waals surface area contributed by atoms with Crippen molar-refractivity contribution in [3.63, 3.8) is 0 Å². The highest BCUT2D eigenvalue weighted by Crippen LogP contribution is 2.42. The molecule has 2 nitrogen and oxygen atoms in total. The molecular formula is C13H16ClF2NO. The average Bonchev–Trinajstić information content (AvgIpc) is 2.36. The van der Waals surface area contributed by atoms with Gasteiger partial charge in [-0.25, -0.2) is 8.78 Å². The molecule has 0 aliphatic heterocycles. The minimum Gasteiger partial charge on any atom is -0.493 e. The fraction of sp³-hybridized carbons (Fsp3) is 0.538. The molecule has 1 aliphatic carbocycles. The van der Waals surface area contributed by atoms with Crippen LogP contribution in [-0.2, 0) is 5.54 Å². The van der Waals surface area contributed by atoms with Crippen molar-refractivity contribution in [3.05, 3.63) is 28.3 Å². The Morgan fingerprint density at radius 3 is 2.44 bits per heavy atom. The van der Waals surface area contributed by atoms with Crippen LogP contribution in [0.4, 0.5) is 8.78 Å². The molecular weight excluding hydrogens is 260 g/mol. The molecule has 0 bridgehead atoms. The van der Waals surface area contributed by atoms with Gasteiger partial charge in [0.15, 0.2) is 11.6 Å². The van der Waals surface area contributed by atoms with Crippen LogP contribution in [0.2, 0.25) is 5.02 Å². The molecule has 1 aliphatic rings. The highest BCUT2D eigenvalue weighted by Gasteiger charge is 2.35. The number of nitrogens with two attached hydrogens (primary N) is 1. The van der Waals surface area contributed by atoms with Crippen LogP contribution in [-0.4, -0.2) is 7.11 Å². The van der Waals surface area contributed by atoms with Gasteiger partial charge >= 0.3 is 0 Å². The fourth-order valence-corrected chi connectivity index (χ4v) is 2.74. The van der Waals surface area contributed by atoms with E-state index in [0.29, 0.717) is 18.4 Å². The molecule has 0 radical (unpaired) electrons. The SMILES string of the molecule is COc1c(C2(N)CCCCC2)cc(F)c(Cl)c1F. The summed E-state index contributed by atoms with van der Waals surface area (Å²) in [5.74, 6) is -1.70. The molecule has 18 heavy (non-hydrogen) atoms. The Morgan fingerprint density at radius 2 is 1.89 bits per heavy atom. The smallest absolute Gasteiger partial charge is 0.186 e. The van der Waals surface area contributed by atoms with Crippen molar-refractivity contribution in [1.29, 1.82) is 0 Å². The van der Waals surface area contributed by atoms with Gasteiger partial charge in [0.2, 0.25) is 0 Å². The molecule has 0 saturated heterocycles. The van der Waals surface area contributed by atoms with Gasteiger partial charge in [0.1, 0.15) is 10.8 Å². The summed E-state index contributed by atoms with van der Waals surface area (Å²) in [6, 6.07) is 1.20. The third-order valence-electron chi connectivity index (χ3n) is 3.60. The van der Waals surface area contributed by atoms with Crippen molar-refractivity contribution in [2.24, 2.45) is 5.73 Å². The summed E-state index contributed by atoms with van der Waals surface area (Å²) in [5.41, 5.74) is 5.94. The largest absolute Gasteiger partial charge is 0.493 e. The normalized spacial score (nSPS) is 18.7. The molecule has 1 aromatic carbocycles. The first-order valence-corrected chi connectivity index (χ1v) is 6.38. The number of hydrogen-bond donors (Lipinski definition) is 1. The van der Waals surface area contributed by atoms with Crippen LogP contribution in [0.3, 0.4) is 0 Å². The molecule has 2 rings (SSSR count). The van der Waals surface area contributed by atoms with E-state index in [-0.39, 0.29) is 5.75 Å². The molecule has 2 N–H and O–H groups in total. The summed E-state index contributed by atoms with van der Waals surface area (Å²) in [4.78, 5) is 0. The van der Waals surface area contributed by atoms with Gasteiger partial charge in [-0.2, -0.15) is 0 Å². The summed E-state index contributed by atoms with van der Waals surface area (Å²) in [7, 11) is 1.34. The lowest BCUT2D eigenvalue weighted by atomic mass is 9.77. The van der Waals surface area contributed by atoms with Gasteiger partial charge in [0, 0.05) is 11.1 Å². The van der Waals surface area contributed by atoms with Gasteiger partial charge in [0.25, 0.3) is 0 Å². The molecule has 0 aromatic heterocycles. The van der Waals surface area contributed by atoms with Gasteiger partial charge in [-0.15, -0.1) is 0 Å². The van der Waals surface area contributed by atoms with Crippen molar-refractivity contribution in [3.8, 4) is 5.75 Å². The van der Waals surface area contributed by atoms with E-state index in [0.717, 1.165) is 19.3 Å². The number of halogens is 3. The van der Waals surface area contributed by atoms with E-state index in [1.807, 2.05) is 0 Å². The van der Waals surface area contributed by atoms with Gasteiger partial charge in [-0.1, -0.05) is 30.9 Å². The van der Waals surface area contributed by atoms with E-state index in [9.17, 15) is 8.78 Å². The van der Waals surface area contributed by atoms with Crippen LogP contribution in [0.5, 0.6) is 5.75 Å². The van der Waals surface area contributed by atoms with Gasteiger partial charge < -0.3 is 10.5 Å². The van der Waals surface area contributed by atoms with E-state index in [1.165, 1.54) is 13.2 Å². The Labute approximate surface area is 110 Å². The van der Waals surface area contributed by atoms with Gasteiger partial charge in [-0.05, 0) is 18.9 Å². The van der Waals surface area contributed by atoms with Gasteiger partial charge in [-0.3, -0.25) is 0 Å². The van der Waals surface area contributed by atoms with Crippen molar-refractivity contribution >= 4 is 11.6 Å². The van der Waals surface area contributed by atoms with E-state index < -0.39 is 22.2 Å². The molecule has 0 spiro atoms. The number of benzene rings is 1. The molecule has 0 atom stereocenters. The van der Waals surface area contributed by atoms with Crippen molar-refractivity contribution in [2.45, 2.75) is 37.6 Å². The Bertz CT molecular complexity index is 459. The summed E-state index contributed by atoms with van der Waals surface area (Å²) >= 11 is 5.55. The van der Waals surface area contributed by atoms with E-state index in [2.05, 4.69) is 0 Å². The predicted octanol–water partition coefficient (Wildman–Crippen LogP) is 3.74. The molecule has 100 valence electrons. The lowest BCUT2D eigenvalue weighted by molar-refractivity contribution is 0.282. The molecule has 1 saturated carbocycles. The lowest BCUT2D eigenvalue weighted by Gasteiger charge is -2.35. The molecule has 0 unspecified atom stereocenters. The maximum atomic E-state index is 13.9. The Hall–Kier alpha value is -0.870. The highest BCUT2D eigenvalue weighted by atomic mass is 35.5. The molecule has 1 aromatic rings. The second-order valence-corrected chi connectivity index (χ2v) is 5.16. The highest BCUT2D eigenvalue weighted by molar-refractivity contribution is 6.31. The Kier molecular flexibility index (Phi) is 3.78. The zero-order valence-corrected chi connectivity index (χ0v) is 11.0. The minimum atomic E-state index is -0.871. The summed E-state index contributed by atoms with van der Waals surface area (Å²) in [5, 5.41) is -0.546. The van der Waals surface area contributed by atoms with E-state index >= 15 is 0 Å². The second-order valence-electron chi connectivity index (χ2n) is 4.78. The molecule has 5 heteroatoms. The quantitative estimate of drug-likeness (QED) is 0.835. The van der Waals surface area contributed by atoms with Crippen LogP contribution in [0.15, 0.2) is 6.07 Å². The standard InChI is InChI=1S/C13H16ClF2NO/c1-18-12-8(7-9(15)10(14)11(12)16)13(17)5-3-2-4-6-13/h7H,2-6,17H2,1H3. The fourth-order valence-electron chi connectivity index (χ4n) is 2.60. The summed E-state index contributed by atoms with van der Waals surface area (Å²) in [6.07, 6.45) is 4.39. The molecule has 0 amide bonds. The first-order valence-electron chi connectivity index (χ1n) is 6.00. The summed E-state index contributed by atoms with van der Waals surface area (Å²) in [6.45, 7) is 0. The first-order chi connectivity index (χ1) is 8.49. The number of hydrogen-bond acceptors (Lipinski definition) is 2. The van der Waals surface area contributed by atoms with Crippen LogP contribution < -0.4 is 10.5 Å². The summed E-state index contributed by atoms with van der Waals surface area (Å²) < 4.78 is 32.5. The van der Waals surface area contributed by atoms with Crippen LogP contribution in [0, 0.1) is 11.6 Å². The number of ether oxygens (including phenoxy) is 1. The number of rotatable bonds is 2. The van der Waals surface area contributed by atoms with Crippen LogP contribution in [0.25, 0.3) is 0 Å². The van der Waals surface area contributed by atoms with Crippen molar-refractivity contribution in [2.75, 3.05) is 7.11 Å². The minimum absolute atomic E-state index is 0.0363. The molecule has 1 fully saturated rings. The zero-order valence-electron chi connectivity index (χ0n) is 10.2. The van der Waals surface area contributed by atoms with Crippen LogP contribution in [0.1, 0.15) is 37.7 Å². The van der Waals surface area contributed by atoms with E-state index in [1.54, 1.807) is 0 Å². The van der Waals surface area contributed by atoms with Gasteiger partial charge in [0.05, 0.1) is 7.11 Å². The first kappa shape index (κ1) is 13.6. The topological polar surface area (TPSA) is 35.2 Å². The maximum Gasteiger partial charge on any atom is 0.186 e. The van der Waals surface area contributed by atoms with E-state index in [4.69, 9.17) is 22.1 Å². The van der Waals surface area contributed by atoms with Crippen molar-refractivity contribution < 1.29 is 13.5 Å². The molecule has 0 heterocycles. The van der Waals surface area contributed by atoms with Crippen LogP contribution >= 0.6 is 11.6 Å². The van der Waals surface area contributed by atoms with Crippen molar-refractivity contribution in [1.82, 2.24) is 0 Å². The second kappa shape index (κ2) is 5.02. The third-order valence-corrected chi connectivity index (χ3v) is 3.95. The maximum absolute atomic E-state index is 13.9. The zero-order chi connectivity index (χ0) is 13.3. The lowest BCUT2D eigenvalue weighted by Crippen LogP contribution is -2.39.